The maximum absolute atomic E-state index is 13.4. The molecule has 0 aliphatic heterocycles. The molecule has 3 aromatic rings. The monoisotopic (exact) mass is 469 g/mol. The molecular weight excluding hydrogens is 434 g/mol. The molecule has 1 saturated carbocycles. The Morgan fingerprint density at radius 1 is 1.28 bits per heavy atom. The lowest BCUT2D eigenvalue weighted by Crippen LogP contribution is -2.41. The number of carbonyl (C=O) groups excluding carboxylic acids is 1. The van der Waals surface area contributed by atoms with E-state index in [1.54, 1.807) is 11.3 Å². The molecule has 1 fully saturated rings. The fraction of sp³-hybridized carbons (Fsp3) is 0.520. The first kappa shape index (κ1) is 23.2. The number of ether oxygens (including phenoxy) is 1. The van der Waals surface area contributed by atoms with E-state index >= 15 is 0 Å². The topological polar surface area (TPSA) is 56.2 Å². The van der Waals surface area contributed by atoms with Gasteiger partial charge in [-0.2, -0.15) is 0 Å². The highest BCUT2D eigenvalue weighted by Crippen LogP contribution is 2.31. The van der Waals surface area contributed by atoms with Crippen molar-refractivity contribution in [1.82, 2.24) is 14.9 Å². The fourth-order valence-corrected chi connectivity index (χ4v) is 5.78. The van der Waals surface area contributed by atoms with Crippen molar-refractivity contribution in [2.45, 2.75) is 71.1 Å². The van der Waals surface area contributed by atoms with Gasteiger partial charge in [-0.15, -0.1) is 11.3 Å². The maximum atomic E-state index is 13.4. The lowest BCUT2D eigenvalue weighted by molar-refractivity contribution is 0.0899. The molecule has 2 atom stereocenters. The number of aromatic nitrogens is 2. The number of amides is 1. The molecule has 1 aromatic carbocycles. The molecule has 32 heavy (non-hydrogen) atoms. The summed E-state index contributed by atoms with van der Waals surface area (Å²) in [5.74, 6) is 0.551. The van der Waals surface area contributed by atoms with Crippen LogP contribution in [0.25, 0.3) is 21.3 Å². The third kappa shape index (κ3) is 5.50. The average molecular weight is 470 g/mol. The molecule has 1 amide bonds. The minimum atomic E-state index is -1.12. The quantitative estimate of drug-likeness (QED) is 0.307. The first-order valence-electron chi connectivity index (χ1n) is 11.7. The van der Waals surface area contributed by atoms with Gasteiger partial charge in [0.1, 0.15) is 6.73 Å². The SMILES string of the molecule is C[C@H]1CCCC[C@H]1NC(=O)c1cc(-c2cncs2)cc2c1ccn2COCC[Si](C)(C)C. The Bertz CT molecular complexity index is 1060. The Morgan fingerprint density at radius 3 is 2.81 bits per heavy atom. The summed E-state index contributed by atoms with van der Waals surface area (Å²) in [4.78, 5) is 18.7. The second kappa shape index (κ2) is 9.89. The normalized spacial score (nSPS) is 19.4. The van der Waals surface area contributed by atoms with Gasteiger partial charge in [0.05, 0.1) is 15.9 Å². The Morgan fingerprint density at radius 2 is 2.09 bits per heavy atom. The minimum absolute atomic E-state index is 0.0255. The first-order chi connectivity index (χ1) is 15.3. The largest absolute Gasteiger partial charge is 0.361 e. The van der Waals surface area contributed by atoms with E-state index in [-0.39, 0.29) is 11.9 Å². The lowest BCUT2D eigenvalue weighted by atomic mass is 9.85. The molecule has 1 aliphatic carbocycles. The van der Waals surface area contributed by atoms with Crippen LogP contribution in [0.3, 0.4) is 0 Å². The summed E-state index contributed by atoms with van der Waals surface area (Å²) in [6.07, 6.45) is 8.61. The number of hydrogen-bond acceptors (Lipinski definition) is 4. The standard InChI is InChI=1S/C25H35N3O2SSi/c1-18-7-5-6-8-22(18)27-25(29)21-13-19(24-15-26-16-31-24)14-23-20(21)9-10-28(23)17-30-11-12-32(2,3)4/h9-10,13-16,18,22H,5-8,11-12,17H2,1-4H3,(H,27,29)/t18-,22+/m0/s1. The number of rotatable bonds is 8. The van der Waals surface area contributed by atoms with Gasteiger partial charge in [-0.3, -0.25) is 9.78 Å². The van der Waals surface area contributed by atoms with Crippen LogP contribution in [-0.4, -0.2) is 36.2 Å². The van der Waals surface area contributed by atoms with Crippen molar-refractivity contribution in [3.05, 3.63) is 41.7 Å². The molecule has 0 bridgehead atoms. The van der Waals surface area contributed by atoms with Gasteiger partial charge in [-0.05, 0) is 48.6 Å². The molecule has 1 N–H and O–H groups in total. The summed E-state index contributed by atoms with van der Waals surface area (Å²) in [7, 11) is -1.12. The lowest BCUT2D eigenvalue weighted by Gasteiger charge is -2.29. The van der Waals surface area contributed by atoms with Crippen LogP contribution in [0.1, 0.15) is 43.0 Å². The van der Waals surface area contributed by atoms with Gasteiger partial charge >= 0.3 is 0 Å². The second-order valence-electron chi connectivity index (χ2n) is 10.3. The van der Waals surface area contributed by atoms with Gasteiger partial charge in [-0.1, -0.05) is 39.4 Å². The van der Waals surface area contributed by atoms with Crippen LogP contribution in [0, 0.1) is 5.92 Å². The highest BCUT2D eigenvalue weighted by Gasteiger charge is 2.25. The summed E-state index contributed by atoms with van der Waals surface area (Å²) >= 11 is 1.59. The zero-order valence-electron chi connectivity index (χ0n) is 19.7. The van der Waals surface area contributed by atoms with Crippen LogP contribution in [0.2, 0.25) is 25.7 Å². The van der Waals surface area contributed by atoms with Crippen molar-refractivity contribution in [2.24, 2.45) is 5.92 Å². The average Bonchev–Trinajstić information content (AvgIpc) is 3.42. The van der Waals surface area contributed by atoms with E-state index in [1.807, 2.05) is 30.0 Å². The molecule has 7 heteroatoms. The zero-order valence-corrected chi connectivity index (χ0v) is 21.5. The summed E-state index contributed by atoms with van der Waals surface area (Å²) in [5.41, 5.74) is 4.64. The van der Waals surface area contributed by atoms with Crippen molar-refractivity contribution in [3.8, 4) is 10.4 Å². The molecule has 0 unspecified atom stereocenters. The molecule has 172 valence electrons. The highest BCUT2D eigenvalue weighted by atomic mass is 32.1. The third-order valence-corrected chi connectivity index (χ3v) is 9.03. The van der Waals surface area contributed by atoms with Gasteiger partial charge in [0.15, 0.2) is 0 Å². The van der Waals surface area contributed by atoms with Crippen molar-refractivity contribution in [2.75, 3.05) is 6.61 Å². The van der Waals surface area contributed by atoms with Gasteiger partial charge < -0.3 is 14.6 Å². The number of fused-ring (bicyclic) bond motifs is 1. The number of nitrogens with zero attached hydrogens (tertiary/aromatic N) is 2. The zero-order chi connectivity index (χ0) is 22.7. The molecule has 0 saturated heterocycles. The smallest absolute Gasteiger partial charge is 0.252 e. The predicted molar refractivity (Wildman–Crippen MR) is 136 cm³/mol. The number of benzene rings is 1. The van der Waals surface area contributed by atoms with Crippen LogP contribution in [-0.2, 0) is 11.5 Å². The Kier molecular flexibility index (Phi) is 7.17. The molecule has 2 aromatic heterocycles. The molecule has 5 nitrogen and oxygen atoms in total. The number of hydrogen-bond donors (Lipinski definition) is 1. The van der Waals surface area contributed by atoms with E-state index in [9.17, 15) is 4.79 Å². The van der Waals surface area contributed by atoms with Crippen molar-refractivity contribution >= 4 is 36.2 Å². The van der Waals surface area contributed by atoms with E-state index in [1.165, 1.54) is 19.3 Å². The van der Waals surface area contributed by atoms with Gasteiger partial charge in [0, 0.05) is 44.1 Å². The minimum Gasteiger partial charge on any atom is -0.361 e. The van der Waals surface area contributed by atoms with Gasteiger partial charge in [0.2, 0.25) is 0 Å². The van der Waals surface area contributed by atoms with Crippen LogP contribution >= 0.6 is 11.3 Å². The maximum Gasteiger partial charge on any atom is 0.252 e. The van der Waals surface area contributed by atoms with Gasteiger partial charge in [-0.25, -0.2) is 0 Å². The summed E-state index contributed by atoms with van der Waals surface area (Å²) in [6, 6.07) is 7.63. The van der Waals surface area contributed by atoms with Crippen molar-refractivity contribution in [1.29, 1.82) is 0 Å². The van der Waals surface area contributed by atoms with Crippen LogP contribution in [0.4, 0.5) is 0 Å². The number of carbonyl (C=O) groups is 1. The summed E-state index contributed by atoms with van der Waals surface area (Å²) in [6.45, 7) is 10.6. The molecule has 4 rings (SSSR count). The van der Waals surface area contributed by atoms with Crippen LogP contribution < -0.4 is 5.32 Å². The Hall–Kier alpha value is -1.96. The molecular formula is C25H35N3O2SSi. The van der Waals surface area contributed by atoms with E-state index in [0.29, 0.717) is 12.6 Å². The molecule has 0 radical (unpaired) electrons. The van der Waals surface area contributed by atoms with Crippen molar-refractivity contribution in [3.63, 3.8) is 0 Å². The van der Waals surface area contributed by atoms with Crippen molar-refractivity contribution < 1.29 is 9.53 Å². The van der Waals surface area contributed by atoms with Crippen LogP contribution in [0.5, 0.6) is 0 Å². The third-order valence-electron chi connectivity index (χ3n) is 6.50. The first-order valence-corrected chi connectivity index (χ1v) is 16.3. The summed E-state index contributed by atoms with van der Waals surface area (Å²) < 4.78 is 8.13. The Labute approximate surface area is 196 Å². The fourth-order valence-electron chi connectivity index (χ4n) is 4.41. The van der Waals surface area contributed by atoms with Crippen LogP contribution in [0.15, 0.2) is 36.1 Å². The van der Waals surface area contributed by atoms with E-state index in [0.717, 1.165) is 46.0 Å². The highest BCUT2D eigenvalue weighted by molar-refractivity contribution is 7.13. The molecule has 0 spiro atoms. The molecule has 2 heterocycles. The summed E-state index contributed by atoms with van der Waals surface area (Å²) in [5, 5.41) is 4.32. The molecule has 1 aliphatic rings. The van der Waals surface area contributed by atoms with E-state index in [2.05, 4.69) is 47.5 Å². The number of nitrogens with one attached hydrogen (secondary N) is 1. The Balaban J connectivity index is 1.62. The van der Waals surface area contributed by atoms with E-state index in [4.69, 9.17) is 4.74 Å². The van der Waals surface area contributed by atoms with Gasteiger partial charge in [0.25, 0.3) is 5.91 Å². The second-order valence-corrected chi connectivity index (χ2v) is 16.8. The number of thiazole rings is 1. The predicted octanol–water partition coefficient (Wildman–Crippen LogP) is 6.39. The van der Waals surface area contributed by atoms with E-state index < -0.39 is 8.07 Å².